The summed E-state index contributed by atoms with van der Waals surface area (Å²) in [7, 11) is -4.31. The largest absolute Gasteiger partial charge is 0.382 e. The molecule has 156 valence electrons. The molecule has 2 aromatic carbocycles. The van der Waals surface area contributed by atoms with E-state index in [-0.39, 0.29) is 34.4 Å². The number of rotatable bonds is 4. The first kappa shape index (κ1) is 20.2. The van der Waals surface area contributed by atoms with Crippen LogP contribution in [0.1, 0.15) is 12.5 Å². The number of hydrogen-bond donors (Lipinski definition) is 2. The molecule has 9 nitrogen and oxygen atoms in total. The van der Waals surface area contributed by atoms with E-state index < -0.39 is 26.8 Å². The molecule has 1 atom stereocenters. The molecule has 1 unspecified atom stereocenters. The maximum atomic E-state index is 14.5. The average molecular weight is 437 g/mol. The van der Waals surface area contributed by atoms with Crippen LogP contribution >= 0.6 is 0 Å². The van der Waals surface area contributed by atoms with E-state index in [1.807, 2.05) is 6.07 Å². The number of nitrogens with one attached hydrogen (secondary N) is 1. The summed E-state index contributed by atoms with van der Waals surface area (Å²) < 4.78 is 42.4. The van der Waals surface area contributed by atoms with Gasteiger partial charge in [0.1, 0.15) is 46.1 Å². The number of sulfonamides is 1. The third-order valence-electron chi connectivity index (χ3n) is 4.61. The summed E-state index contributed by atoms with van der Waals surface area (Å²) in [5, 5.41) is 12.3. The number of benzene rings is 2. The lowest BCUT2D eigenvalue weighted by atomic mass is 10.2. The maximum Gasteiger partial charge on any atom is 0.274 e. The number of nitriles is 1. The van der Waals surface area contributed by atoms with E-state index in [1.165, 1.54) is 18.5 Å². The van der Waals surface area contributed by atoms with Crippen molar-refractivity contribution in [3.8, 4) is 6.07 Å². The Kier molecular flexibility index (Phi) is 5.00. The highest BCUT2D eigenvalue weighted by atomic mass is 32.2. The molecule has 1 aliphatic heterocycles. The first-order chi connectivity index (χ1) is 14.8. The quantitative estimate of drug-likeness (QED) is 0.640. The molecule has 1 aromatic heterocycles. The van der Waals surface area contributed by atoms with Gasteiger partial charge >= 0.3 is 0 Å². The second kappa shape index (κ2) is 7.66. The second-order valence-corrected chi connectivity index (χ2v) is 8.35. The van der Waals surface area contributed by atoms with Crippen molar-refractivity contribution in [3.05, 3.63) is 66.2 Å². The number of nitrogen functional groups attached to an aromatic ring is 1. The minimum Gasteiger partial charge on any atom is -0.382 e. The van der Waals surface area contributed by atoms with Gasteiger partial charge in [-0.15, -0.1) is 0 Å². The van der Waals surface area contributed by atoms with Crippen LogP contribution in [0.2, 0.25) is 0 Å². The van der Waals surface area contributed by atoms with Gasteiger partial charge in [0.15, 0.2) is 0 Å². The fourth-order valence-electron chi connectivity index (χ4n) is 3.22. The van der Waals surface area contributed by atoms with E-state index in [4.69, 9.17) is 5.73 Å². The summed E-state index contributed by atoms with van der Waals surface area (Å²) >= 11 is 0. The smallest absolute Gasteiger partial charge is 0.274 e. The lowest BCUT2D eigenvalue weighted by molar-refractivity contribution is 0.566. The number of aromatic nitrogens is 2. The fraction of sp³-hybridized carbons (Fsp3) is 0.100. The van der Waals surface area contributed by atoms with Gasteiger partial charge in [0, 0.05) is 0 Å². The Morgan fingerprint density at radius 1 is 1.16 bits per heavy atom. The summed E-state index contributed by atoms with van der Waals surface area (Å²) in [6.07, 6.45) is 1.18. The monoisotopic (exact) mass is 437 g/mol. The average Bonchev–Trinajstić information content (AvgIpc) is 2.73. The molecule has 3 aromatic rings. The molecule has 0 bridgehead atoms. The molecule has 2 heterocycles. The van der Waals surface area contributed by atoms with Crippen molar-refractivity contribution < 1.29 is 12.8 Å². The highest BCUT2D eigenvalue weighted by Crippen LogP contribution is 2.37. The van der Waals surface area contributed by atoms with Crippen LogP contribution in [0.25, 0.3) is 0 Å². The summed E-state index contributed by atoms with van der Waals surface area (Å²) in [4.78, 5) is 11.7. The molecular weight excluding hydrogens is 421 g/mol. The molecule has 3 N–H and O–H groups in total. The minimum absolute atomic E-state index is 0.0152. The molecule has 0 fully saturated rings. The van der Waals surface area contributed by atoms with Gasteiger partial charge in [0.05, 0.1) is 17.4 Å². The Balaban J connectivity index is 1.88. The fourth-order valence-corrected chi connectivity index (χ4v) is 4.94. The number of fused-ring (bicyclic) bond motifs is 1. The molecule has 11 heteroatoms. The topological polar surface area (TPSA) is 137 Å². The van der Waals surface area contributed by atoms with Crippen LogP contribution in [0, 0.1) is 17.1 Å². The van der Waals surface area contributed by atoms with Crippen LogP contribution in [-0.4, -0.2) is 30.3 Å². The SMILES string of the molecule is CC(Nc1ncnc(N)c1C#N)C1=Nc2cccc(F)c2S(=O)(=O)N1c1ccccc1. The van der Waals surface area contributed by atoms with Crippen molar-refractivity contribution in [1.29, 1.82) is 5.26 Å². The Labute approximate surface area is 177 Å². The van der Waals surface area contributed by atoms with E-state index in [2.05, 4.69) is 20.3 Å². The number of anilines is 3. The summed E-state index contributed by atoms with van der Waals surface area (Å²) in [5.41, 5.74) is 6.02. The number of halogens is 1. The molecular formula is C20H16FN7O2S. The predicted octanol–water partition coefficient (Wildman–Crippen LogP) is 2.81. The zero-order valence-electron chi connectivity index (χ0n) is 16.2. The zero-order chi connectivity index (χ0) is 22.2. The van der Waals surface area contributed by atoms with Gasteiger partial charge in [0.2, 0.25) is 0 Å². The summed E-state index contributed by atoms with van der Waals surface area (Å²) in [5.74, 6) is -0.707. The minimum atomic E-state index is -4.31. The van der Waals surface area contributed by atoms with Crippen molar-refractivity contribution >= 4 is 38.9 Å². The van der Waals surface area contributed by atoms with Gasteiger partial charge in [0.25, 0.3) is 10.0 Å². The van der Waals surface area contributed by atoms with Crippen LogP contribution in [0.5, 0.6) is 0 Å². The molecule has 1 aliphatic rings. The van der Waals surface area contributed by atoms with Crippen LogP contribution < -0.4 is 15.4 Å². The van der Waals surface area contributed by atoms with Crippen molar-refractivity contribution in [2.75, 3.05) is 15.4 Å². The zero-order valence-corrected chi connectivity index (χ0v) is 17.0. The van der Waals surface area contributed by atoms with Gasteiger partial charge in [-0.05, 0) is 31.2 Å². The van der Waals surface area contributed by atoms with E-state index >= 15 is 0 Å². The number of aliphatic imine (C=N–C) groups is 1. The maximum absolute atomic E-state index is 14.5. The molecule has 0 spiro atoms. The van der Waals surface area contributed by atoms with Gasteiger partial charge in [-0.1, -0.05) is 24.3 Å². The first-order valence-electron chi connectivity index (χ1n) is 9.09. The van der Waals surface area contributed by atoms with Crippen molar-refractivity contribution in [1.82, 2.24) is 9.97 Å². The predicted molar refractivity (Wildman–Crippen MR) is 114 cm³/mol. The van der Waals surface area contributed by atoms with E-state index in [0.29, 0.717) is 0 Å². The highest BCUT2D eigenvalue weighted by Gasteiger charge is 2.39. The van der Waals surface area contributed by atoms with Crippen molar-refractivity contribution in [3.63, 3.8) is 0 Å². The number of nitrogens with zero attached hydrogens (tertiary/aromatic N) is 5. The second-order valence-electron chi connectivity index (χ2n) is 6.62. The van der Waals surface area contributed by atoms with Gasteiger partial charge in [-0.3, -0.25) is 0 Å². The summed E-state index contributed by atoms with van der Waals surface area (Å²) in [6.45, 7) is 1.65. The third-order valence-corrected chi connectivity index (χ3v) is 6.41. The number of nitrogens with two attached hydrogens (primary N) is 1. The van der Waals surface area contributed by atoms with Crippen molar-refractivity contribution in [2.24, 2.45) is 4.99 Å². The molecule has 31 heavy (non-hydrogen) atoms. The van der Waals surface area contributed by atoms with Gasteiger partial charge in [-0.2, -0.15) is 5.26 Å². The lowest BCUT2D eigenvalue weighted by Crippen LogP contribution is -2.47. The number of amidine groups is 1. The van der Waals surface area contributed by atoms with Crippen LogP contribution in [0.4, 0.5) is 27.4 Å². The highest BCUT2D eigenvalue weighted by molar-refractivity contribution is 7.93. The lowest BCUT2D eigenvalue weighted by Gasteiger charge is -2.33. The normalized spacial score (nSPS) is 15.4. The van der Waals surface area contributed by atoms with E-state index in [1.54, 1.807) is 37.3 Å². The first-order valence-corrected chi connectivity index (χ1v) is 10.5. The molecule has 0 saturated carbocycles. The molecule has 0 amide bonds. The van der Waals surface area contributed by atoms with E-state index in [9.17, 15) is 18.1 Å². The van der Waals surface area contributed by atoms with Crippen LogP contribution in [-0.2, 0) is 10.0 Å². The molecule has 0 aliphatic carbocycles. The molecule has 0 saturated heterocycles. The van der Waals surface area contributed by atoms with Crippen molar-refractivity contribution in [2.45, 2.75) is 17.9 Å². The molecule has 4 rings (SSSR count). The van der Waals surface area contributed by atoms with Crippen LogP contribution in [0.15, 0.2) is 64.7 Å². The Morgan fingerprint density at radius 2 is 1.90 bits per heavy atom. The number of hydrogen-bond acceptors (Lipinski definition) is 8. The third kappa shape index (κ3) is 3.43. The van der Waals surface area contributed by atoms with Crippen LogP contribution in [0.3, 0.4) is 0 Å². The Bertz CT molecular complexity index is 1340. The Hall–Kier alpha value is -4.04. The summed E-state index contributed by atoms with van der Waals surface area (Å²) in [6, 6.07) is 13.3. The van der Waals surface area contributed by atoms with Gasteiger partial charge < -0.3 is 11.1 Å². The Morgan fingerprint density at radius 3 is 2.61 bits per heavy atom. The van der Waals surface area contributed by atoms with E-state index in [0.717, 1.165) is 10.4 Å². The van der Waals surface area contributed by atoms with Gasteiger partial charge in [-0.25, -0.2) is 32.1 Å². The molecule has 0 radical (unpaired) electrons. The number of para-hydroxylation sites is 1. The standard InChI is InChI=1S/C20H16FN7O2S/c1-12(26-19-14(10-22)18(23)24-11-25-19)20-27-16-9-5-8-15(21)17(16)31(29,30)28(20)13-6-3-2-4-7-13/h2-9,11-12H,1H3,(H3,23,24,25,26).